The van der Waals surface area contributed by atoms with E-state index in [9.17, 15) is 66.5 Å². The normalized spacial score (nSPS) is 13.1. The fourth-order valence-electron chi connectivity index (χ4n) is 7.36. The fraction of sp³-hybridized carbons (Fsp3) is 0.458. The number of amides is 4. The third-order valence-corrected chi connectivity index (χ3v) is 11.2. The number of carboxylic acids is 2. The molecule has 4 aromatic rings. The van der Waals surface area contributed by atoms with Gasteiger partial charge in [-0.3, -0.25) is 53.1 Å². The van der Waals surface area contributed by atoms with Gasteiger partial charge in [0.1, 0.15) is 17.6 Å². The summed E-state index contributed by atoms with van der Waals surface area (Å²) in [5, 5.41) is 22.5. The molecule has 0 saturated carbocycles. The number of ether oxygens (including phenoxy) is 4. The second-order valence-electron chi connectivity index (χ2n) is 16.7. The van der Waals surface area contributed by atoms with Crippen molar-refractivity contribution in [2.24, 2.45) is 5.92 Å². The molecule has 0 fully saturated rings. The summed E-state index contributed by atoms with van der Waals surface area (Å²) >= 11 is 0. The number of carbonyl (C=O) groups is 8. The van der Waals surface area contributed by atoms with Crippen LogP contribution >= 0.6 is 0 Å². The van der Waals surface area contributed by atoms with Crippen molar-refractivity contribution in [2.75, 3.05) is 70.1 Å². The SMILES string of the molecule is Nc1nc2ncc(CN(C(=O)C(F)(F)F)c3ccc(C(=O)N[C@@H](CCC(=O)C[C@@H](CCCCCC(=O)CCOCCOCCOCCOCCON4C(=O)c5ccccc5C4=O)C(=O)O)C(=O)O)cc3)nc2c(=O)[nH]1. The van der Waals surface area contributed by atoms with Crippen LogP contribution in [0.5, 0.6) is 0 Å². The van der Waals surface area contributed by atoms with Crippen molar-refractivity contribution < 1.29 is 85.5 Å². The van der Waals surface area contributed by atoms with Crippen molar-refractivity contribution in [1.29, 1.82) is 0 Å². The molecule has 6 N–H and O–H groups in total. The summed E-state index contributed by atoms with van der Waals surface area (Å²) in [5.74, 6) is -9.03. The number of nitrogen functional groups attached to an aromatic ring is 1. The minimum atomic E-state index is -5.36. The van der Waals surface area contributed by atoms with Gasteiger partial charge in [-0.2, -0.15) is 18.2 Å². The minimum absolute atomic E-state index is 0.00149. The van der Waals surface area contributed by atoms with Gasteiger partial charge in [-0.1, -0.05) is 25.0 Å². The first-order valence-electron chi connectivity index (χ1n) is 23.6. The molecule has 4 amide bonds. The van der Waals surface area contributed by atoms with Crippen LogP contribution in [0, 0.1) is 5.92 Å². The number of rotatable bonds is 34. The van der Waals surface area contributed by atoms with Crippen LogP contribution in [-0.2, 0) is 54.3 Å². The van der Waals surface area contributed by atoms with Crippen molar-refractivity contribution >= 4 is 69.9 Å². The number of H-pyrrole nitrogens is 1. The average molecular weight is 1060 g/mol. The number of fused-ring (bicyclic) bond motifs is 2. The number of nitrogens with two attached hydrogens (primary N) is 1. The zero-order valence-electron chi connectivity index (χ0n) is 40.3. The largest absolute Gasteiger partial charge is 0.481 e. The van der Waals surface area contributed by atoms with Gasteiger partial charge in [0.2, 0.25) is 5.95 Å². The predicted molar refractivity (Wildman–Crippen MR) is 254 cm³/mol. The molecule has 1 aliphatic rings. The minimum Gasteiger partial charge on any atom is -0.481 e. The molecule has 0 spiro atoms. The number of carboxylic acid groups (broad SMARTS) is 2. The number of aromatic nitrogens is 4. The molecule has 5 rings (SSSR count). The van der Waals surface area contributed by atoms with Crippen molar-refractivity contribution in [3.05, 3.63) is 87.5 Å². The Morgan fingerprint density at radius 2 is 1.32 bits per heavy atom. The molecule has 0 saturated heterocycles. The Bertz CT molecular complexity index is 2690. The van der Waals surface area contributed by atoms with Crippen molar-refractivity contribution in [3.63, 3.8) is 0 Å². The van der Waals surface area contributed by atoms with E-state index in [0.29, 0.717) is 32.5 Å². The van der Waals surface area contributed by atoms with E-state index in [1.165, 1.54) is 0 Å². The average Bonchev–Trinajstić information content (AvgIpc) is 3.61. The highest BCUT2D eigenvalue weighted by molar-refractivity contribution is 6.20. The molecule has 0 unspecified atom stereocenters. The number of alkyl halides is 3. The Morgan fingerprint density at radius 3 is 1.91 bits per heavy atom. The second-order valence-corrected chi connectivity index (χ2v) is 16.7. The zero-order valence-corrected chi connectivity index (χ0v) is 40.3. The van der Waals surface area contributed by atoms with Gasteiger partial charge in [0, 0.05) is 36.9 Å². The molecule has 27 heteroatoms. The van der Waals surface area contributed by atoms with Gasteiger partial charge in [-0.25, -0.2) is 14.8 Å². The monoisotopic (exact) mass is 1060 g/mol. The number of anilines is 2. The number of imide groups is 1. The van der Waals surface area contributed by atoms with Crippen LogP contribution < -0.4 is 21.5 Å². The zero-order chi connectivity index (χ0) is 54.5. The molecule has 2 aromatic heterocycles. The first-order valence-corrected chi connectivity index (χ1v) is 23.6. The van der Waals surface area contributed by atoms with Crippen molar-refractivity contribution in [3.8, 4) is 0 Å². The van der Waals surface area contributed by atoms with E-state index < -0.39 is 90.9 Å². The molecule has 2 atom stereocenters. The number of carbonyl (C=O) groups excluding carboxylic acids is 6. The van der Waals surface area contributed by atoms with Gasteiger partial charge in [0.15, 0.2) is 11.2 Å². The number of benzene rings is 2. The number of nitrogens with zero attached hydrogens (tertiary/aromatic N) is 5. The molecule has 24 nitrogen and oxygen atoms in total. The number of Topliss-reactive ketones (excluding diaryl/α,β-unsaturated/α-hetero) is 2. The standard InChI is InChI=1S/C48H55F3N8O16/c49-48(50,51)46(70)58(28-31-27-53-39-38(54-31)41(63)57-47(52)56-39)32-12-10-29(11-13-32)40(62)55-37(45(68)69)15-14-34(61)26-30(44(66)67)6-2-1-3-7-33(60)16-17-71-18-19-72-20-21-73-22-23-74-24-25-75-59-42(64)35-8-4-5-9-36(35)43(59)65/h4-5,8-13,27,30,37H,1-3,6-7,14-26,28H2,(H,55,62)(H,66,67)(H,68,69)(H3,52,53,56,57,63)/t30-,37+/m1/s1. The van der Waals surface area contributed by atoms with E-state index in [4.69, 9.17) is 29.5 Å². The molecule has 404 valence electrons. The van der Waals surface area contributed by atoms with Crippen molar-refractivity contribution in [2.45, 2.75) is 76.6 Å². The summed E-state index contributed by atoms with van der Waals surface area (Å²) < 4.78 is 62.7. The maximum absolute atomic E-state index is 13.7. The summed E-state index contributed by atoms with van der Waals surface area (Å²) in [5.41, 5.74) is 3.89. The lowest BCUT2D eigenvalue weighted by atomic mass is 9.93. The Balaban J connectivity index is 0.900. The molecular formula is C48H55F3N8O16. The maximum Gasteiger partial charge on any atom is 0.471 e. The molecule has 75 heavy (non-hydrogen) atoms. The molecule has 1 aliphatic heterocycles. The van der Waals surface area contributed by atoms with Gasteiger partial charge in [-0.05, 0) is 55.7 Å². The van der Waals surface area contributed by atoms with E-state index >= 15 is 0 Å². The van der Waals surface area contributed by atoms with E-state index in [1.807, 2.05) is 0 Å². The molecule has 0 aliphatic carbocycles. The fourth-order valence-corrected chi connectivity index (χ4v) is 7.36. The number of hydrogen-bond donors (Lipinski definition) is 5. The van der Waals surface area contributed by atoms with Crippen LogP contribution in [0.25, 0.3) is 11.2 Å². The number of ketones is 2. The van der Waals surface area contributed by atoms with Crippen LogP contribution in [0.4, 0.5) is 24.8 Å². The number of nitrogens with one attached hydrogen (secondary N) is 2. The van der Waals surface area contributed by atoms with Crippen LogP contribution in [-0.4, -0.2) is 154 Å². The third kappa shape index (κ3) is 18.1. The number of unbranched alkanes of at least 4 members (excludes halogenated alkanes) is 2. The Labute approximate surface area is 425 Å². The number of hydrogen-bond acceptors (Lipinski definition) is 18. The van der Waals surface area contributed by atoms with Gasteiger partial charge in [-0.15, -0.1) is 5.06 Å². The summed E-state index contributed by atoms with van der Waals surface area (Å²) in [6, 6.07) is 8.90. The van der Waals surface area contributed by atoms with Gasteiger partial charge >= 0.3 is 24.0 Å². The number of halogens is 3. The number of aliphatic carboxylic acids is 2. The maximum atomic E-state index is 13.7. The van der Waals surface area contributed by atoms with Gasteiger partial charge in [0.05, 0.1) is 94.9 Å². The van der Waals surface area contributed by atoms with E-state index in [1.54, 1.807) is 24.3 Å². The van der Waals surface area contributed by atoms with Gasteiger partial charge < -0.3 is 40.2 Å². The molecule has 3 heterocycles. The number of hydroxylamine groups is 2. The van der Waals surface area contributed by atoms with Crippen molar-refractivity contribution in [1.82, 2.24) is 30.3 Å². The lowest BCUT2D eigenvalue weighted by Crippen LogP contribution is -2.41. The summed E-state index contributed by atoms with van der Waals surface area (Å²) in [4.78, 5) is 131. The summed E-state index contributed by atoms with van der Waals surface area (Å²) in [6.07, 6.45) is -3.61. The summed E-state index contributed by atoms with van der Waals surface area (Å²) in [6.45, 7) is 1.22. The number of aromatic amines is 1. The molecule has 0 bridgehead atoms. The Morgan fingerprint density at radius 1 is 0.720 bits per heavy atom. The van der Waals surface area contributed by atoms with Crippen LogP contribution in [0.2, 0.25) is 0 Å². The predicted octanol–water partition coefficient (Wildman–Crippen LogP) is 3.22. The quantitative estimate of drug-likeness (QED) is 0.0331. The summed E-state index contributed by atoms with van der Waals surface area (Å²) in [7, 11) is 0. The lowest BCUT2D eigenvalue weighted by molar-refractivity contribution is -0.170. The lowest BCUT2D eigenvalue weighted by Gasteiger charge is -2.24. The van der Waals surface area contributed by atoms with Crippen LogP contribution in [0.15, 0.2) is 59.5 Å². The highest BCUT2D eigenvalue weighted by atomic mass is 19.4. The van der Waals surface area contributed by atoms with E-state index in [2.05, 4.69) is 25.3 Å². The first kappa shape index (κ1) is 58.3. The van der Waals surface area contributed by atoms with E-state index in [0.717, 1.165) is 35.5 Å². The highest BCUT2D eigenvalue weighted by Gasteiger charge is 2.43. The topological polar surface area (TPSA) is 339 Å². The van der Waals surface area contributed by atoms with Crippen LogP contribution in [0.1, 0.15) is 94.6 Å². The second kappa shape index (κ2) is 28.8. The molecular weight excluding hydrogens is 1000 g/mol. The molecule has 0 radical (unpaired) electrons. The van der Waals surface area contributed by atoms with E-state index in [-0.39, 0.29) is 121 Å². The first-order chi connectivity index (χ1) is 35.8. The Kier molecular flexibility index (Phi) is 22.3. The highest BCUT2D eigenvalue weighted by Crippen LogP contribution is 2.27. The Hall–Kier alpha value is -7.59. The van der Waals surface area contributed by atoms with Crippen LogP contribution in [0.3, 0.4) is 0 Å². The third-order valence-electron chi connectivity index (χ3n) is 11.2. The van der Waals surface area contributed by atoms with Gasteiger partial charge in [0.25, 0.3) is 23.3 Å². The molecule has 2 aromatic carbocycles. The smallest absolute Gasteiger partial charge is 0.471 e.